The summed E-state index contributed by atoms with van der Waals surface area (Å²) in [5.41, 5.74) is 2.70. The molecule has 0 fully saturated rings. The molecule has 0 radical (unpaired) electrons. The molecule has 1 aromatic heterocycles. The van der Waals surface area contributed by atoms with E-state index in [1.807, 2.05) is 61.5 Å². The number of rotatable bonds is 11. The van der Waals surface area contributed by atoms with Gasteiger partial charge in [0.15, 0.2) is 5.82 Å². The molecule has 1 amide bonds. The molecule has 1 heterocycles. The first-order valence-electron chi connectivity index (χ1n) is 11.5. The average Bonchev–Trinajstić information content (AvgIpc) is 3.37. The molecule has 192 valence electrons. The molecule has 2 N–H and O–H groups in total. The normalized spacial score (nSPS) is 11.5. The maximum Gasteiger partial charge on any atom is 0.243 e. The summed E-state index contributed by atoms with van der Waals surface area (Å²) in [6.45, 7) is 1.99. The molecule has 0 saturated carbocycles. The van der Waals surface area contributed by atoms with Gasteiger partial charge in [-0.05, 0) is 42.3 Å². The van der Waals surface area contributed by atoms with Gasteiger partial charge in [0.05, 0.1) is 11.4 Å². The number of carbonyl (C=O) groups is 1. The van der Waals surface area contributed by atoms with Crippen LogP contribution in [-0.2, 0) is 21.4 Å². The number of nitrogens with one attached hydrogen (secondary N) is 2. The van der Waals surface area contributed by atoms with Gasteiger partial charge < -0.3 is 5.32 Å². The van der Waals surface area contributed by atoms with Gasteiger partial charge in [-0.3, -0.25) is 9.89 Å². The Bertz CT molecular complexity index is 1440. The van der Waals surface area contributed by atoms with E-state index in [0.717, 1.165) is 16.7 Å². The highest BCUT2D eigenvalue weighted by atomic mass is 35.5. The number of aryl methyl sites for hydroxylation is 1. The minimum Gasteiger partial charge on any atom is -0.354 e. The lowest BCUT2D eigenvalue weighted by molar-refractivity contribution is -0.121. The minimum absolute atomic E-state index is 0.0687. The van der Waals surface area contributed by atoms with Crippen molar-refractivity contribution in [3.8, 4) is 11.4 Å². The van der Waals surface area contributed by atoms with E-state index in [4.69, 9.17) is 11.6 Å². The molecular formula is C26H26ClN5O3S2. The Morgan fingerprint density at radius 2 is 1.73 bits per heavy atom. The number of hydrogen-bond acceptors (Lipinski definition) is 6. The monoisotopic (exact) mass is 555 g/mol. The van der Waals surface area contributed by atoms with Crippen LogP contribution in [0.3, 0.4) is 0 Å². The summed E-state index contributed by atoms with van der Waals surface area (Å²) in [5, 5.41) is 10.9. The molecule has 3 aromatic carbocycles. The summed E-state index contributed by atoms with van der Waals surface area (Å²) in [6.07, 6.45) is 0. The van der Waals surface area contributed by atoms with Crippen molar-refractivity contribution < 1.29 is 13.2 Å². The first kappa shape index (κ1) is 26.9. The molecule has 0 aliphatic heterocycles. The molecule has 0 bridgehead atoms. The van der Waals surface area contributed by atoms with Crippen LogP contribution in [0, 0.1) is 6.92 Å². The summed E-state index contributed by atoms with van der Waals surface area (Å²) < 4.78 is 28.0. The molecule has 11 heteroatoms. The van der Waals surface area contributed by atoms with Crippen molar-refractivity contribution in [2.24, 2.45) is 0 Å². The maximum atomic E-state index is 13.4. The lowest BCUT2D eigenvalue weighted by Crippen LogP contribution is -2.41. The average molecular weight is 556 g/mol. The molecule has 4 rings (SSSR count). The molecule has 0 unspecified atom stereocenters. The zero-order chi connectivity index (χ0) is 26.3. The fourth-order valence-electron chi connectivity index (χ4n) is 3.54. The van der Waals surface area contributed by atoms with Gasteiger partial charge in [-0.25, -0.2) is 13.4 Å². The van der Waals surface area contributed by atoms with Crippen LogP contribution in [0.5, 0.6) is 0 Å². The molecule has 0 aliphatic carbocycles. The number of sulfonamides is 1. The second-order valence-electron chi connectivity index (χ2n) is 8.18. The van der Waals surface area contributed by atoms with Crippen molar-refractivity contribution in [2.45, 2.75) is 23.5 Å². The third-order valence-electron chi connectivity index (χ3n) is 5.55. The Balaban J connectivity index is 1.37. The number of nitrogens with zero attached hydrogens (tertiary/aromatic N) is 3. The van der Waals surface area contributed by atoms with E-state index in [1.165, 1.54) is 40.3 Å². The minimum atomic E-state index is -3.94. The van der Waals surface area contributed by atoms with Crippen LogP contribution in [0.15, 0.2) is 88.9 Å². The highest BCUT2D eigenvalue weighted by molar-refractivity contribution is 7.99. The third-order valence-corrected chi connectivity index (χ3v) is 8.45. The number of hydrogen-bond donors (Lipinski definition) is 2. The van der Waals surface area contributed by atoms with Gasteiger partial charge in [0.25, 0.3) is 0 Å². The van der Waals surface area contributed by atoms with Crippen molar-refractivity contribution in [3.63, 3.8) is 0 Å². The molecule has 4 aromatic rings. The number of amides is 1. The van der Waals surface area contributed by atoms with Crippen LogP contribution in [0.4, 0.5) is 0 Å². The van der Waals surface area contributed by atoms with Crippen molar-refractivity contribution in [2.75, 3.05) is 18.8 Å². The van der Waals surface area contributed by atoms with Crippen LogP contribution in [-0.4, -0.2) is 52.7 Å². The van der Waals surface area contributed by atoms with Crippen molar-refractivity contribution in [1.29, 1.82) is 0 Å². The van der Waals surface area contributed by atoms with Gasteiger partial charge in [0.1, 0.15) is 0 Å². The topological polar surface area (TPSA) is 108 Å². The fourth-order valence-corrected chi connectivity index (χ4v) is 5.70. The number of carbonyl (C=O) groups excluding carboxylic acids is 1. The van der Waals surface area contributed by atoms with Gasteiger partial charge in [0.2, 0.25) is 21.1 Å². The number of thioether (sulfide) groups is 1. The number of aromatic amines is 1. The zero-order valence-corrected chi connectivity index (χ0v) is 22.5. The molecule has 37 heavy (non-hydrogen) atoms. The van der Waals surface area contributed by atoms with Crippen LogP contribution in [0.2, 0.25) is 5.02 Å². The summed E-state index contributed by atoms with van der Waals surface area (Å²) in [7, 11) is -3.94. The van der Waals surface area contributed by atoms with E-state index in [0.29, 0.717) is 28.3 Å². The van der Waals surface area contributed by atoms with E-state index < -0.39 is 15.9 Å². The van der Waals surface area contributed by atoms with Gasteiger partial charge in [-0.1, -0.05) is 78.0 Å². The van der Waals surface area contributed by atoms with Crippen molar-refractivity contribution >= 4 is 39.3 Å². The molecule has 0 atom stereocenters. The van der Waals surface area contributed by atoms with E-state index >= 15 is 0 Å². The number of H-pyrrole nitrogens is 1. The summed E-state index contributed by atoms with van der Waals surface area (Å²) in [5.74, 6) is 0.803. The number of halogens is 1. The van der Waals surface area contributed by atoms with E-state index in [2.05, 4.69) is 20.5 Å². The fraction of sp³-hybridized carbons (Fsp3) is 0.192. The third kappa shape index (κ3) is 7.20. The largest absolute Gasteiger partial charge is 0.354 e. The van der Waals surface area contributed by atoms with Crippen LogP contribution >= 0.6 is 23.4 Å². The van der Waals surface area contributed by atoms with E-state index in [9.17, 15) is 13.2 Å². The molecule has 0 saturated heterocycles. The predicted molar refractivity (Wildman–Crippen MR) is 146 cm³/mol. The lowest BCUT2D eigenvalue weighted by Gasteiger charge is -2.23. The summed E-state index contributed by atoms with van der Waals surface area (Å²) in [6, 6.07) is 23.1. The van der Waals surface area contributed by atoms with Crippen LogP contribution < -0.4 is 5.32 Å². The van der Waals surface area contributed by atoms with Gasteiger partial charge in [-0.15, -0.1) is 5.10 Å². The van der Waals surface area contributed by atoms with Gasteiger partial charge in [0, 0.05) is 29.4 Å². The Labute approximate surface area is 225 Å². The maximum absolute atomic E-state index is 13.4. The molecule has 0 aliphatic rings. The van der Waals surface area contributed by atoms with Crippen LogP contribution in [0.25, 0.3) is 11.4 Å². The predicted octanol–water partition coefficient (Wildman–Crippen LogP) is 4.53. The Morgan fingerprint density at radius 3 is 2.46 bits per heavy atom. The Morgan fingerprint density at radius 1 is 1.03 bits per heavy atom. The number of benzene rings is 3. The first-order chi connectivity index (χ1) is 17.8. The molecular weight excluding hydrogens is 530 g/mol. The standard InChI is InChI=1S/C26H26ClN5O3S2/c1-19-7-5-6-10-21(19)17-32(37(34,35)23-13-11-22(27)12-14-23)18-24(33)28-15-16-36-26-29-25(30-31-26)20-8-3-2-4-9-20/h2-14H,15-18H2,1H3,(H,28,33)(H,29,30,31). The zero-order valence-electron chi connectivity index (χ0n) is 20.1. The highest BCUT2D eigenvalue weighted by Crippen LogP contribution is 2.22. The summed E-state index contributed by atoms with van der Waals surface area (Å²) in [4.78, 5) is 17.3. The molecule has 0 spiro atoms. The first-order valence-corrected chi connectivity index (χ1v) is 14.3. The summed E-state index contributed by atoms with van der Waals surface area (Å²) >= 11 is 7.33. The second kappa shape index (κ2) is 12.4. The van der Waals surface area contributed by atoms with Crippen molar-refractivity contribution in [1.82, 2.24) is 24.8 Å². The van der Waals surface area contributed by atoms with Crippen LogP contribution in [0.1, 0.15) is 11.1 Å². The quantitative estimate of drug-likeness (QED) is 0.208. The van der Waals surface area contributed by atoms with Gasteiger partial charge >= 0.3 is 0 Å². The number of aromatic nitrogens is 3. The Kier molecular flexibility index (Phi) is 8.99. The SMILES string of the molecule is Cc1ccccc1CN(CC(=O)NCCSc1n[nH]c(-c2ccccc2)n1)S(=O)(=O)c1ccc(Cl)cc1. The lowest BCUT2D eigenvalue weighted by atomic mass is 10.1. The second-order valence-corrected chi connectivity index (χ2v) is 11.6. The highest BCUT2D eigenvalue weighted by Gasteiger charge is 2.27. The van der Waals surface area contributed by atoms with Gasteiger partial charge in [-0.2, -0.15) is 4.31 Å². The Hall–Kier alpha value is -3.18. The van der Waals surface area contributed by atoms with E-state index in [1.54, 1.807) is 0 Å². The van der Waals surface area contributed by atoms with E-state index in [-0.39, 0.29) is 18.0 Å². The van der Waals surface area contributed by atoms with Crippen molar-refractivity contribution in [3.05, 3.63) is 95.0 Å². The smallest absolute Gasteiger partial charge is 0.243 e. The molecule has 8 nitrogen and oxygen atoms in total.